The lowest BCUT2D eigenvalue weighted by Gasteiger charge is -2.41. The van der Waals surface area contributed by atoms with Crippen molar-refractivity contribution in [3.8, 4) is 0 Å². The second kappa shape index (κ2) is 8.23. The van der Waals surface area contributed by atoms with Crippen LogP contribution in [-0.4, -0.2) is 50.8 Å². The maximum Gasteiger partial charge on any atom is 0.0596 e. The second-order valence-electron chi connectivity index (χ2n) is 6.79. The molecule has 0 saturated heterocycles. The van der Waals surface area contributed by atoms with Crippen LogP contribution in [0, 0.1) is 17.8 Å². The minimum Gasteiger partial charge on any atom is -0.377 e. The largest absolute Gasteiger partial charge is 0.377 e. The minimum atomic E-state index is 0.341. The number of hydrogen-bond acceptors (Lipinski definition) is 3. The maximum absolute atomic E-state index is 5.64. The van der Waals surface area contributed by atoms with Crippen molar-refractivity contribution in [2.75, 3.05) is 33.8 Å². The molecule has 0 amide bonds. The highest BCUT2D eigenvalue weighted by Crippen LogP contribution is 2.34. The van der Waals surface area contributed by atoms with Crippen molar-refractivity contribution in [3.05, 3.63) is 0 Å². The Balaban J connectivity index is 2.39. The molecule has 0 aromatic carbocycles. The van der Waals surface area contributed by atoms with Crippen LogP contribution in [-0.2, 0) is 4.74 Å². The Kier molecular flexibility index (Phi) is 7.33. The van der Waals surface area contributed by atoms with Crippen molar-refractivity contribution in [1.82, 2.24) is 10.2 Å². The summed E-state index contributed by atoms with van der Waals surface area (Å²) < 4.78 is 5.64. The molecule has 0 radical (unpaired) electrons. The van der Waals surface area contributed by atoms with Gasteiger partial charge in [-0.25, -0.2) is 0 Å². The predicted molar refractivity (Wildman–Crippen MR) is 82.5 cm³/mol. The van der Waals surface area contributed by atoms with E-state index in [1.54, 1.807) is 0 Å². The third kappa shape index (κ3) is 5.80. The van der Waals surface area contributed by atoms with Crippen LogP contribution >= 0.6 is 0 Å². The van der Waals surface area contributed by atoms with E-state index in [0.29, 0.717) is 12.1 Å². The van der Waals surface area contributed by atoms with Gasteiger partial charge in [-0.05, 0) is 58.5 Å². The predicted octanol–water partition coefficient (Wildman–Crippen LogP) is 2.61. The fourth-order valence-electron chi connectivity index (χ4n) is 3.45. The summed E-state index contributed by atoms with van der Waals surface area (Å²) in [4.78, 5) is 2.43. The Bertz CT molecular complexity index is 245. The Morgan fingerprint density at radius 2 is 1.95 bits per heavy atom. The van der Waals surface area contributed by atoms with E-state index in [0.717, 1.165) is 30.9 Å². The van der Waals surface area contributed by atoms with Gasteiger partial charge >= 0.3 is 0 Å². The fraction of sp³-hybridized carbons (Fsp3) is 1.00. The van der Waals surface area contributed by atoms with Crippen LogP contribution in [0.1, 0.15) is 40.5 Å². The van der Waals surface area contributed by atoms with E-state index in [2.05, 4.69) is 52.0 Å². The van der Waals surface area contributed by atoms with E-state index in [-0.39, 0.29) is 0 Å². The van der Waals surface area contributed by atoms with E-state index < -0.39 is 0 Å². The van der Waals surface area contributed by atoms with Crippen LogP contribution in [0.25, 0.3) is 0 Å². The van der Waals surface area contributed by atoms with Gasteiger partial charge in [0.05, 0.1) is 12.7 Å². The number of likely N-dealkylation sites (N-methyl/N-ethyl adjacent to an activating group) is 1. The van der Waals surface area contributed by atoms with E-state index in [9.17, 15) is 0 Å². The van der Waals surface area contributed by atoms with Crippen molar-refractivity contribution in [2.45, 2.75) is 52.7 Å². The van der Waals surface area contributed by atoms with Crippen molar-refractivity contribution in [1.29, 1.82) is 0 Å². The summed E-state index contributed by atoms with van der Waals surface area (Å²) in [6, 6.07) is 0.673. The third-order valence-corrected chi connectivity index (χ3v) is 4.50. The van der Waals surface area contributed by atoms with Gasteiger partial charge in [0.1, 0.15) is 0 Å². The summed E-state index contributed by atoms with van der Waals surface area (Å²) in [5.41, 5.74) is 0. The molecular weight excluding hydrogens is 236 g/mol. The molecule has 1 fully saturated rings. The molecule has 3 nitrogen and oxygen atoms in total. The SMILES string of the molecule is CNC1CC(C)CC(C)C1CN(C)CCOC(C)C. The highest BCUT2D eigenvalue weighted by atomic mass is 16.5. The number of ether oxygens (including phenoxy) is 1. The van der Waals surface area contributed by atoms with Gasteiger partial charge in [-0.15, -0.1) is 0 Å². The molecule has 1 N–H and O–H groups in total. The molecule has 4 atom stereocenters. The molecule has 1 rings (SSSR count). The van der Waals surface area contributed by atoms with Gasteiger partial charge in [0, 0.05) is 19.1 Å². The normalized spacial score (nSPS) is 32.2. The summed E-state index contributed by atoms with van der Waals surface area (Å²) in [5.74, 6) is 2.44. The van der Waals surface area contributed by atoms with Gasteiger partial charge in [-0.3, -0.25) is 0 Å². The molecule has 3 heteroatoms. The van der Waals surface area contributed by atoms with E-state index in [1.807, 2.05) is 0 Å². The van der Waals surface area contributed by atoms with Crippen molar-refractivity contribution < 1.29 is 4.74 Å². The molecular formula is C16H34N2O. The average Bonchev–Trinajstić information content (AvgIpc) is 2.31. The molecule has 1 aliphatic rings. The summed E-state index contributed by atoms with van der Waals surface area (Å²) in [5, 5.41) is 3.54. The Labute approximate surface area is 120 Å². The van der Waals surface area contributed by atoms with Gasteiger partial charge in [0.25, 0.3) is 0 Å². The van der Waals surface area contributed by atoms with Gasteiger partial charge in [-0.2, -0.15) is 0 Å². The number of hydrogen-bond donors (Lipinski definition) is 1. The first kappa shape index (κ1) is 16.9. The van der Waals surface area contributed by atoms with Crippen LogP contribution in [0.2, 0.25) is 0 Å². The first-order valence-electron chi connectivity index (χ1n) is 7.91. The molecule has 0 aromatic heterocycles. The lowest BCUT2D eigenvalue weighted by Crippen LogP contribution is -2.47. The van der Waals surface area contributed by atoms with Crippen molar-refractivity contribution in [2.24, 2.45) is 17.8 Å². The molecule has 0 bridgehead atoms. The van der Waals surface area contributed by atoms with Gasteiger partial charge in [0.2, 0.25) is 0 Å². The Morgan fingerprint density at radius 3 is 2.53 bits per heavy atom. The lowest BCUT2D eigenvalue weighted by molar-refractivity contribution is 0.0513. The van der Waals surface area contributed by atoms with Gasteiger partial charge in [0.15, 0.2) is 0 Å². The lowest BCUT2D eigenvalue weighted by atomic mass is 9.72. The smallest absolute Gasteiger partial charge is 0.0596 e. The zero-order valence-corrected chi connectivity index (χ0v) is 13.8. The van der Waals surface area contributed by atoms with Crippen LogP contribution in [0.4, 0.5) is 0 Å². The zero-order valence-electron chi connectivity index (χ0n) is 13.8. The average molecular weight is 270 g/mol. The van der Waals surface area contributed by atoms with Crippen LogP contribution in [0.15, 0.2) is 0 Å². The zero-order chi connectivity index (χ0) is 14.4. The van der Waals surface area contributed by atoms with E-state index in [4.69, 9.17) is 4.74 Å². The molecule has 0 heterocycles. The first-order valence-corrected chi connectivity index (χ1v) is 7.91. The first-order chi connectivity index (χ1) is 8.93. The fourth-order valence-corrected chi connectivity index (χ4v) is 3.45. The summed E-state index contributed by atoms with van der Waals surface area (Å²) >= 11 is 0. The van der Waals surface area contributed by atoms with E-state index in [1.165, 1.54) is 19.4 Å². The summed E-state index contributed by atoms with van der Waals surface area (Å²) in [7, 11) is 4.34. The molecule has 0 spiro atoms. The monoisotopic (exact) mass is 270 g/mol. The van der Waals surface area contributed by atoms with Gasteiger partial charge in [-0.1, -0.05) is 13.8 Å². The van der Waals surface area contributed by atoms with Crippen LogP contribution < -0.4 is 5.32 Å². The Hall–Kier alpha value is -0.120. The number of nitrogens with one attached hydrogen (secondary N) is 1. The van der Waals surface area contributed by atoms with Crippen molar-refractivity contribution >= 4 is 0 Å². The van der Waals surface area contributed by atoms with Crippen LogP contribution in [0.5, 0.6) is 0 Å². The highest BCUT2D eigenvalue weighted by molar-refractivity contribution is 4.88. The number of rotatable bonds is 7. The third-order valence-electron chi connectivity index (χ3n) is 4.50. The summed E-state index contributed by atoms with van der Waals surface area (Å²) in [6.45, 7) is 12.1. The van der Waals surface area contributed by atoms with Crippen molar-refractivity contribution in [3.63, 3.8) is 0 Å². The maximum atomic E-state index is 5.64. The highest BCUT2D eigenvalue weighted by Gasteiger charge is 2.33. The van der Waals surface area contributed by atoms with Crippen LogP contribution in [0.3, 0.4) is 0 Å². The molecule has 4 unspecified atom stereocenters. The second-order valence-corrected chi connectivity index (χ2v) is 6.79. The molecule has 1 saturated carbocycles. The number of nitrogens with zero attached hydrogens (tertiary/aromatic N) is 1. The molecule has 114 valence electrons. The van der Waals surface area contributed by atoms with E-state index >= 15 is 0 Å². The quantitative estimate of drug-likeness (QED) is 0.769. The molecule has 19 heavy (non-hydrogen) atoms. The summed E-state index contributed by atoms with van der Waals surface area (Å²) in [6.07, 6.45) is 3.04. The molecule has 0 aliphatic heterocycles. The molecule has 0 aromatic rings. The standard InChI is InChI=1S/C16H34N2O/c1-12(2)19-8-7-18(6)11-15-14(4)9-13(3)10-16(15)17-5/h12-17H,7-11H2,1-6H3. The Morgan fingerprint density at radius 1 is 1.26 bits per heavy atom. The van der Waals surface area contributed by atoms with Gasteiger partial charge < -0.3 is 15.0 Å². The topological polar surface area (TPSA) is 24.5 Å². The minimum absolute atomic E-state index is 0.341. The molecule has 1 aliphatic carbocycles.